The molecular weight excluding hydrogens is 239 g/mol. The molecule has 2 rings (SSSR count). The Balaban J connectivity index is 2.10. The molecule has 0 bridgehead atoms. The van der Waals surface area contributed by atoms with Crippen molar-refractivity contribution in [1.82, 2.24) is 0 Å². The number of benzene rings is 1. The Kier molecular flexibility index (Phi) is 3.28. The van der Waals surface area contributed by atoms with Crippen molar-refractivity contribution in [2.45, 2.75) is 19.8 Å². The normalized spacial score (nSPS) is 10.6. The molecule has 0 saturated carbocycles. The maximum absolute atomic E-state index is 5.65. The Bertz CT molecular complexity index is 405. The van der Waals surface area contributed by atoms with Crippen LogP contribution >= 0.6 is 0 Å². The quantitative estimate of drug-likeness (QED) is 0.601. The summed E-state index contributed by atoms with van der Waals surface area (Å²) in [7, 11) is 0. The van der Waals surface area contributed by atoms with Gasteiger partial charge >= 0.3 is 90.2 Å². The SMILES string of the molecule is CCCCOc1ccc2cc[se]c2c1. The molecule has 0 aliphatic heterocycles. The van der Waals surface area contributed by atoms with Crippen molar-refractivity contribution < 1.29 is 4.74 Å². The Morgan fingerprint density at radius 3 is 3.07 bits per heavy atom. The molecule has 1 aromatic carbocycles. The Morgan fingerprint density at radius 2 is 2.21 bits per heavy atom. The zero-order chi connectivity index (χ0) is 9.80. The second-order valence-corrected chi connectivity index (χ2v) is 5.31. The number of fused-ring (bicyclic) bond motifs is 1. The molecule has 0 unspecified atom stereocenters. The number of unbranched alkanes of at least 4 members (excludes halogenated alkanes) is 1. The predicted octanol–water partition coefficient (Wildman–Crippen LogP) is 3.08. The van der Waals surface area contributed by atoms with Gasteiger partial charge in [0, 0.05) is 0 Å². The van der Waals surface area contributed by atoms with E-state index in [0.29, 0.717) is 14.5 Å². The van der Waals surface area contributed by atoms with Crippen LogP contribution in [0, 0.1) is 0 Å². The Morgan fingerprint density at radius 1 is 1.29 bits per heavy atom. The minimum atomic E-state index is 0.527. The van der Waals surface area contributed by atoms with Crippen molar-refractivity contribution in [3.8, 4) is 5.75 Å². The van der Waals surface area contributed by atoms with E-state index in [1.165, 1.54) is 16.1 Å². The first-order chi connectivity index (χ1) is 6.90. The van der Waals surface area contributed by atoms with Crippen molar-refractivity contribution in [2.75, 3.05) is 6.61 Å². The van der Waals surface area contributed by atoms with Gasteiger partial charge in [-0.05, 0) is 0 Å². The van der Waals surface area contributed by atoms with Gasteiger partial charge in [-0.15, -0.1) is 0 Å². The van der Waals surface area contributed by atoms with E-state index in [9.17, 15) is 0 Å². The molecule has 0 aliphatic rings. The van der Waals surface area contributed by atoms with Crippen LogP contribution in [0.5, 0.6) is 5.75 Å². The van der Waals surface area contributed by atoms with Crippen molar-refractivity contribution in [2.24, 2.45) is 0 Å². The van der Waals surface area contributed by atoms with Gasteiger partial charge in [0.2, 0.25) is 0 Å². The van der Waals surface area contributed by atoms with Crippen LogP contribution in [-0.4, -0.2) is 21.1 Å². The first kappa shape index (κ1) is 9.82. The van der Waals surface area contributed by atoms with E-state index in [1.807, 2.05) is 0 Å². The molecule has 0 N–H and O–H groups in total. The first-order valence-corrected chi connectivity index (χ1v) is 6.85. The molecule has 14 heavy (non-hydrogen) atoms. The molecular formula is C12H14OSe. The Labute approximate surface area is 90.4 Å². The van der Waals surface area contributed by atoms with E-state index in [0.717, 1.165) is 18.8 Å². The molecule has 74 valence electrons. The van der Waals surface area contributed by atoms with E-state index >= 15 is 0 Å². The molecule has 0 amide bonds. The minimum absolute atomic E-state index is 0.527. The van der Waals surface area contributed by atoms with E-state index in [1.54, 1.807) is 0 Å². The van der Waals surface area contributed by atoms with Crippen LogP contribution in [0.15, 0.2) is 29.2 Å². The number of hydrogen-bond acceptors (Lipinski definition) is 1. The van der Waals surface area contributed by atoms with Gasteiger partial charge in [0.1, 0.15) is 0 Å². The summed E-state index contributed by atoms with van der Waals surface area (Å²) >= 11 is 0.527. The van der Waals surface area contributed by atoms with E-state index in [2.05, 4.69) is 36.1 Å². The van der Waals surface area contributed by atoms with Crippen LogP contribution in [0.4, 0.5) is 0 Å². The molecule has 0 fully saturated rings. The second-order valence-electron chi connectivity index (χ2n) is 3.32. The molecule has 1 nitrogen and oxygen atoms in total. The van der Waals surface area contributed by atoms with Gasteiger partial charge in [0.15, 0.2) is 0 Å². The fourth-order valence-electron chi connectivity index (χ4n) is 1.36. The monoisotopic (exact) mass is 254 g/mol. The third-order valence-electron chi connectivity index (χ3n) is 2.19. The van der Waals surface area contributed by atoms with Gasteiger partial charge in [0.05, 0.1) is 0 Å². The predicted molar refractivity (Wildman–Crippen MR) is 61.3 cm³/mol. The van der Waals surface area contributed by atoms with Gasteiger partial charge in [-0.1, -0.05) is 0 Å². The zero-order valence-electron chi connectivity index (χ0n) is 8.32. The van der Waals surface area contributed by atoms with E-state index in [-0.39, 0.29) is 0 Å². The fourth-order valence-corrected chi connectivity index (χ4v) is 3.07. The average Bonchev–Trinajstić information content (AvgIpc) is 2.65. The molecule has 0 spiro atoms. The summed E-state index contributed by atoms with van der Waals surface area (Å²) < 4.78 is 7.10. The maximum atomic E-state index is 5.65. The third-order valence-corrected chi connectivity index (χ3v) is 4.04. The van der Waals surface area contributed by atoms with E-state index < -0.39 is 0 Å². The third kappa shape index (κ3) is 2.20. The van der Waals surface area contributed by atoms with Gasteiger partial charge in [-0.2, -0.15) is 0 Å². The average molecular weight is 253 g/mol. The van der Waals surface area contributed by atoms with E-state index in [4.69, 9.17) is 4.74 Å². The van der Waals surface area contributed by atoms with Crippen LogP contribution in [0.3, 0.4) is 0 Å². The molecule has 0 radical (unpaired) electrons. The standard InChI is InChI=1S/C12H14OSe/c1-2-3-7-13-11-5-4-10-6-8-14-12(10)9-11/h4-6,8-9H,2-3,7H2,1H3. The molecule has 0 aliphatic carbocycles. The first-order valence-electron chi connectivity index (χ1n) is 5.00. The van der Waals surface area contributed by atoms with Gasteiger partial charge < -0.3 is 0 Å². The molecule has 0 atom stereocenters. The molecule has 1 heterocycles. The summed E-state index contributed by atoms with van der Waals surface area (Å²) in [5.41, 5.74) is 0. The van der Waals surface area contributed by atoms with Crippen molar-refractivity contribution in [1.29, 1.82) is 0 Å². The molecule has 2 aromatic rings. The summed E-state index contributed by atoms with van der Waals surface area (Å²) in [6, 6.07) is 8.61. The number of ether oxygens (including phenoxy) is 1. The molecule has 0 saturated heterocycles. The van der Waals surface area contributed by atoms with Gasteiger partial charge in [-0.3, -0.25) is 0 Å². The fraction of sp³-hybridized carbons (Fsp3) is 0.333. The summed E-state index contributed by atoms with van der Waals surface area (Å²) in [6.07, 6.45) is 2.33. The van der Waals surface area contributed by atoms with Crippen LogP contribution in [0.2, 0.25) is 0 Å². The van der Waals surface area contributed by atoms with Crippen molar-refractivity contribution in [3.05, 3.63) is 29.2 Å². The molecule has 2 heteroatoms. The van der Waals surface area contributed by atoms with Crippen LogP contribution in [0.25, 0.3) is 9.65 Å². The topological polar surface area (TPSA) is 9.23 Å². The summed E-state index contributed by atoms with van der Waals surface area (Å²) in [5.74, 6) is 1.03. The van der Waals surface area contributed by atoms with Crippen LogP contribution in [-0.2, 0) is 0 Å². The van der Waals surface area contributed by atoms with Gasteiger partial charge in [-0.25, -0.2) is 0 Å². The second kappa shape index (κ2) is 4.68. The summed E-state index contributed by atoms with van der Waals surface area (Å²) in [5, 5.41) is 1.37. The van der Waals surface area contributed by atoms with Crippen LogP contribution < -0.4 is 4.74 Å². The molecule has 1 aromatic heterocycles. The summed E-state index contributed by atoms with van der Waals surface area (Å²) in [6.45, 7) is 3.02. The Hall–Kier alpha value is -0.721. The van der Waals surface area contributed by atoms with Crippen molar-refractivity contribution >= 4 is 24.1 Å². The van der Waals surface area contributed by atoms with Gasteiger partial charge in [0.25, 0.3) is 0 Å². The van der Waals surface area contributed by atoms with Crippen LogP contribution in [0.1, 0.15) is 19.8 Å². The summed E-state index contributed by atoms with van der Waals surface area (Å²) in [4.78, 5) is 2.26. The van der Waals surface area contributed by atoms with Crippen molar-refractivity contribution in [3.63, 3.8) is 0 Å². The zero-order valence-corrected chi connectivity index (χ0v) is 10.0. The number of hydrogen-bond donors (Lipinski definition) is 0. The number of rotatable bonds is 4.